The summed E-state index contributed by atoms with van der Waals surface area (Å²) >= 11 is -1.97. The molecule has 0 fully saturated rings. The van der Waals surface area contributed by atoms with Crippen LogP contribution in [0.4, 0.5) is 5.82 Å². The molecule has 0 amide bonds. The van der Waals surface area contributed by atoms with Crippen LogP contribution in [0, 0.1) is 0 Å². The van der Waals surface area contributed by atoms with Gasteiger partial charge in [-0.15, -0.1) is 0 Å². The van der Waals surface area contributed by atoms with Crippen LogP contribution in [0.3, 0.4) is 0 Å². The second kappa shape index (κ2) is 8.54. The molecule has 0 saturated heterocycles. The van der Waals surface area contributed by atoms with Gasteiger partial charge in [0.25, 0.3) is 0 Å². The quantitative estimate of drug-likeness (QED) is 0.387. The average Bonchev–Trinajstić information content (AvgIpc) is 2.99. The van der Waals surface area contributed by atoms with Crippen LogP contribution in [-0.4, -0.2) is 43.6 Å². The number of aromatic nitrogens is 3. The number of fused-ring (bicyclic) bond motifs is 3. The number of imidazole rings is 1. The molecule has 3 rings (SSSR count). The number of ether oxygens (including phenoxy) is 1. The predicted molar refractivity (Wildman–Crippen MR) is 103 cm³/mol. The highest BCUT2D eigenvalue weighted by atomic mass is 32.2. The zero-order chi connectivity index (χ0) is 18.5. The minimum Gasteiger partial charge on any atom is -0.384 e. The maximum Gasteiger partial charge on any atom is 0.231 e. The van der Waals surface area contributed by atoms with E-state index in [1.807, 2.05) is 24.3 Å². The number of hydrogen-bond donors (Lipinski definition) is 3. The molecule has 0 aliphatic heterocycles. The molecule has 1 atom stereocenters. The lowest BCUT2D eigenvalue weighted by Gasteiger charge is -2.11. The number of pyridine rings is 1. The van der Waals surface area contributed by atoms with Gasteiger partial charge in [0.15, 0.2) is 5.82 Å². The van der Waals surface area contributed by atoms with Crippen molar-refractivity contribution in [3.8, 4) is 0 Å². The second-order valence-corrected chi connectivity index (χ2v) is 6.77. The van der Waals surface area contributed by atoms with Crippen LogP contribution in [0.15, 0.2) is 24.3 Å². The van der Waals surface area contributed by atoms with Crippen LogP contribution in [-0.2, 0) is 29.0 Å². The normalized spacial score (nSPS) is 12.8. The number of nitrogens with two attached hydrogens (primary N) is 1. The third kappa shape index (κ3) is 4.01. The first-order valence-corrected chi connectivity index (χ1v) is 9.59. The van der Waals surface area contributed by atoms with E-state index in [1.54, 1.807) is 7.11 Å². The highest BCUT2D eigenvalue weighted by molar-refractivity contribution is 7.77. The van der Waals surface area contributed by atoms with Crippen molar-refractivity contribution in [3.05, 3.63) is 30.1 Å². The Morgan fingerprint density at radius 2 is 2.12 bits per heavy atom. The third-order valence-electron chi connectivity index (χ3n) is 4.25. The molecule has 9 heteroatoms. The van der Waals surface area contributed by atoms with Crippen molar-refractivity contribution in [3.63, 3.8) is 0 Å². The molecule has 0 spiro atoms. The van der Waals surface area contributed by atoms with Gasteiger partial charge in [0.1, 0.15) is 11.3 Å². The number of para-hydroxylation sites is 1. The summed E-state index contributed by atoms with van der Waals surface area (Å²) < 4.78 is 29.3. The largest absolute Gasteiger partial charge is 0.384 e. The highest BCUT2D eigenvalue weighted by Gasteiger charge is 2.16. The lowest BCUT2D eigenvalue weighted by molar-refractivity contribution is 0.199. The summed E-state index contributed by atoms with van der Waals surface area (Å²) in [5.74, 6) is 1.33. The monoisotopic (exact) mass is 377 g/mol. The Morgan fingerprint density at radius 1 is 1.31 bits per heavy atom. The molecule has 0 aliphatic rings. The minimum absolute atomic E-state index is 0.425. The molecule has 8 nitrogen and oxygen atoms in total. The van der Waals surface area contributed by atoms with Gasteiger partial charge in [0, 0.05) is 32.0 Å². The smallest absolute Gasteiger partial charge is 0.231 e. The lowest BCUT2D eigenvalue weighted by atomic mass is 10.2. The molecule has 1 unspecified atom stereocenters. The van der Waals surface area contributed by atoms with E-state index >= 15 is 0 Å². The molecule has 4 N–H and O–H groups in total. The van der Waals surface area contributed by atoms with Gasteiger partial charge in [-0.25, -0.2) is 18.9 Å². The van der Waals surface area contributed by atoms with E-state index in [9.17, 15) is 4.21 Å². The Morgan fingerprint density at radius 3 is 2.88 bits per heavy atom. The van der Waals surface area contributed by atoms with E-state index < -0.39 is 11.3 Å². The zero-order valence-corrected chi connectivity index (χ0v) is 15.5. The number of nitrogen functional groups attached to an aromatic ring is 1. The van der Waals surface area contributed by atoms with E-state index in [0.717, 1.165) is 41.6 Å². The van der Waals surface area contributed by atoms with Gasteiger partial charge in [0.2, 0.25) is 11.3 Å². The first-order valence-electron chi connectivity index (χ1n) is 8.48. The molecular formula is C17H23N5O3S. The number of unbranched alkanes of at least 4 members (excludes halogenated alkanes) is 1. The Labute approximate surface area is 154 Å². The predicted octanol–water partition coefficient (Wildman–Crippen LogP) is 1.86. The number of methoxy groups -OCH3 is 1. The van der Waals surface area contributed by atoms with Crippen LogP contribution in [0.2, 0.25) is 0 Å². The van der Waals surface area contributed by atoms with E-state index in [2.05, 4.69) is 14.3 Å². The Bertz CT molecular complexity index is 928. The summed E-state index contributed by atoms with van der Waals surface area (Å²) in [7, 11) is 1.67. The van der Waals surface area contributed by atoms with Crippen LogP contribution in [0.5, 0.6) is 0 Å². The highest BCUT2D eigenvalue weighted by Crippen LogP contribution is 2.29. The van der Waals surface area contributed by atoms with Crippen LogP contribution in [0.25, 0.3) is 21.9 Å². The van der Waals surface area contributed by atoms with E-state index in [4.69, 9.17) is 20.0 Å². The van der Waals surface area contributed by atoms with Gasteiger partial charge in [-0.1, -0.05) is 18.2 Å². The molecule has 0 radical (unpaired) electrons. The van der Waals surface area contributed by atoms with E-state index in [1.165, 1.54) is 0 Å². The number of nitrogens with zero attached hydrogens (tertiary/aromatic N) is 3. The minimum atomic E-state index is -1.97. The van der Waals surface area contributed by atoms with Gasteiger partial charge in [-0.05, 0) is 18.9 Å². The summed E-state index contributed by atoms with van der Waals surface area (Å²) in [6.45, 7) is 1.79. The number of nitrogens with one attached hydrogen (secondary N) is 1. The van der Waals surface area contributed by atoms with E-state index in [-0.39, 0.29) is 0 Å². The Kier molecular flexibility index (Phi) is 6.15. The first-order chi connectivity index (χ1) is 12.6. The van der Waals surface area contributed by atoms with Gasteiger partial charge in [0.05, 0.1) is 17.6 Å². The Hall–Kier alpha value is -2.07. The number of rotatable bonds is 9. The van der Waals surface area contributed by atoms with Crippen molar-refractivity contribution in [2.75, 3.05) is 26.0 Å². The average molecular weight is 377 g/mol. The number of anilines is 1. The maximum absolute atomic E-state index is 10.7. The van der Waals surface area contributed by atoms with Crippen LogP contribution < -0.4 is 10.5 Å². The number of aryl methyl sites for hydroxylation is 1. The fourth-order valence-electron chi connectivity index (χ4n) is 3.08. The molecule has 0 aliphatic carbocycles. The second-order valence-electron chi connectivity index (χ2n) is 5.98. The SMILES string of the molecule is COCCc1nc2c(N)nc3ccccc3c2n1CCCCNS(=O)O. The van der Waals surface area contributed by atoms with Crippen LogP contribution in [0.1, 0.15) is 18.7 Å². The summed E-state index contributed by atoms with van der Waals surface area (Å²) in [6.07, 6.45) is 2.29. The zero-order valence-electron chi connectivity index (χ0n) is 14.6. The van der Waals surface area contributed by atoms with Crippen molar-refractivity contribution in [1.82, 2.24) is 19.3 Å². The maximum atomic E-state index is 10.7. The third-order valence-corrected chi connectivity index (χ3v) is 4.70. The molecule has 0 bridgehead atoms. The Balaban J connectivity index is 1.97. The van der Waals surface area contributed by atoms with Crippen molar-refractivity contribution in [2.24, 2.45) is 0 Å². The van der Waals surface area contributed by atoms with Crippen molar-refractivity contribution in [2.45, 2.75) is 25.8 Å². The van der Waals surface area contributed by atoms with Gasteiger partial charge < -0.3 is 15.0 Å². The molecule has 0 saturated carbocycles. The number of hydrogen-bond acceptors (Lipinski definition) is 5. The van der Waals surface area contributed by atoms with Gasteiger partial charge in [-0.3, -0.25) is 4.55 Å². The van der Waals surface area contributed by atoms with Gasteiger partial charge >= 0.3 is 0 Å². The van der Waals surface area contributed by atoms with Crippen molar-refractivity contribution in [1.29, 1.82) is 0 Å². The first kappa shape index (κ1) is 18.7. The summed E-state index contributed by atoms with van der Waals surface area (Å²) in [5, 5.41) is 1.02. The lowest BCUT2D eigenvalue weighted by Crippen LogP contribution is -2.18. The standard InChI is InChI=1S/C17H23N5O3S/c1-25-11-8-14-21-15-16(22(14)10-5-4-9-19-26(23)24)12-6-2-3-7-13(12)20-17(15)18/h2-3,6-7,19H,4-5,8-11H2,1H3,(H2,18,20)(H,23,24). The number of benzene rings is 1. The van der Waals surface area contributed by atoms with E-state index in [0.29, 0.717) is 30.9 Å². The van der Waals surface area contributed by atoms with Crippen molar-refractivity contribution >= 4 is 39.0 Å². The molecule has 1 aromatic carbocycles. The van der Waals surface area contributed by atoms with Crippen LogP contribution >= 0.6 is 0 Å². The summed E-state index contributed by atoms with van der Waals surface area (Å²) in [4.78, 5) is 9.18. The molecule has 2 heterocycles. The fourth-order valence-corrected chi connectivity index (χ4v) is 3.40. The molecule has 140 valence electrons. The topological polar surface area (TPSA) is 115 Å². The molecule has 3 aromatic rings. The molecule has 2 aromatic heterocycles. The fraction of sp³-hybridized carbons (Fsp3) is 0.412. The molecule has 26 heavy (non-hydrogen) atoms. The van der Waals surface area contributed by atoms with Gasteiger partial charge in [-0.2, -0.15) is 0 Å². The molecular weight excluding hydrogens is 354 g/mol. The summed E-state index contributed by atoms with van der Waals surface area (Å²) in [6, 6.07) is 7.89. The summed E-state index contributed by atoms with van der Waals surface area (Å²) in [5.41, 5.74) is 8.69. The van der Waals surface area contributed by atoms with Crippen molar-refractivity contribution < 1.29 is 13.5 Å².